The minimum atomic E-state index is -0.591. The van der Waals surface area contributed by atoms with E-state index in [4.69, 9.17) is 4.74 Å². The summed E-state index contributed by atoms with van der Waals surface area (Å²) in [5, 5.41) is 4.47. The molecule has 9 heteroatoms. The van der Waals surface area contributed by atoms with Gasteiger partial charge in [-0.15, -0.1) is 0 Å². The highest BCUT2D eigenvalue weighted by atomic mass is 19.1. The summed E-state index contributed by atoms with van der Waals surface area (Å²) in [5.41, 5.74) is -0.977. The summed E-state index contributed by atoms with van der Waals surface area (Å²) >= 11 is 0. The molecule has 0 bridgehead atoms. The Morgan fingerprint density at radius 3 is 2.29 bits per heavy atom. The Labute approximate surface area is 161 Å². The molecular formula is C19H23FN4O4. The summed E-state index contributed by atoms with van der Waals surface area (Å²) in [6.45, 7) is 6.59. The lowest BCUT2D eigenvalue weighted by Gasteiger charge is -2.35. The van der Waals surface area contributed by atoms with E-state index in [-0.39, 0.29) is 16.5 Å². The molecule has 1 fully saturated rings. The fraction of sp³-hybridized carbons (Fsp3) is 0.474. The predicted octanol–water partition coefficient (Wildman–Crippen LogP) is 1.77. The van der Waals surface area contributed by atoms with Crippen molar-refractivity contribution in [1.29, 1.82) is 0 Å². The number of piperazine rings is 1. The van der Waals surface area contributed by atoms with Crippen LogP contribution in [0, 0.1) is 5.82 Å². The van der Waals surface area contributed by atoms with E-state index in [1.165, 1.54) is 24.1 Å². The SMILES string of the molecule is Cn1nc(C(=O)N2CCN(C(=O)OC(C)(C)C)CC2)c2cc(F)ccc2c1=O. The molecule has 3 rings (SSSR count). The van der Waals surface area contributed by atoms with Crippen molar-refractivity contribution in [2.24, 2.45) is 7.05 Å². The zero-order valence-electron chi connectivity index (χ0n) is 16.4. The van der Waals surface area contributed by atoms with Gasteiger partial charge in [0.05, 0.1) is 5.39 Å². The van der Waals surface area contributed by atoms with E-state index < -0.39 is 29.0 Å². The number of amides is 2. The van der Waals surface area contributed by atoms with Crippen LogP contribution in [-0.4, -0.2) is 63.4 Å². The third kappa shape index (κ3) is 3.97. The van der Waals surface area contributed by atoms with Crippen molar-refractivity contribution in [3.05, 3.63) is 40.1 Å². The van der Waals surface area contributed by atoms with Crippen LogP contribution in [0.2, 0.25) is 0 Å². The molecule has 1 aromatic heterocycles. The first kappa shape index (κ1) is 19.8. The maximum atomic E-state index is 13.7. The quantitative estimate of drug-likeness (QED) is 0.741. The number of carbonyl (C=O) groups excluding carboxylic acids is 2. The van der Waals surface area contributed by atoms with Gasteiger partial charge in [0.2, 0.25) is 0 Å². The van der Waals surface area contributed by atoms with Crippen molar-refractivity contribution in [1.82, 2.24) is 19.6 Å². The topological polar surface area (TPSA) is 84.7 Å². The molecule has 8 nitrogen and oxygen atoms in total. The third-order valence-electron chi connectivity index (χ3n) is 4.43. The molecule has 0 aliphatic carbocycles. The second-order valence-corrected chi connectivity index (χ2v) is 7.73. The molecule has 2 heterocycles. The van der Waals surface area contributed by atoms with E-state index in [9.17, 15) is 18.8 Å². The Kier molecular flexibility index (Phi) is 5.10. The minimum Gasteiger partial charge on any atom is -0.444 e. The van der Waals surface area contributed by atoms with Gasteiger partial charge in [-0.2, -0.15) is 5.10 Å². The Balaban J connectivity index is 1.81. The van der Waals surface area contributed by atoms with Gasteiger partial charge in [0.25, 0.3) is 11.5 Å². The molecule has 0 spiro atoms. The smallest absolute Gasteiger partial charge is 0.410 e. The minimum absolute atomic E-state index is 0.0160. The van der Waals surface area contributed by atoms with Gasteiger partial charge in [-0.05, 0) is 39.0 Å². The Morgan fingerprint density at radius 2 is 1.68 bits per heavy atom. The largest absolute Gasteiger partial charge is 0.444 e. The number of aromatic nitrogens is 2. The number of halogens is 1. The molecule has 1 saturated heterocycles. The number of benzene rings is 1. The molecule has 150 valence electrons. The van der Waals surface area contributed by atoms with Gasteiger partial charge in [0.1, 0.15) is 11.4 Å². The summed E-state index contributed by atoms with van der Waals surface area (Å²) < 4.78 is 20.1. The number of aryl methyl sites for hydroxylation is 1. The predicted molar refractivity (Wildman–Crippen MR) is 101 cm³/mol. The summed E-state index contributed by atoms with van der Waals surface area (Å²) in [5.74, 6) is -0.957. The molecule has 0 radical (unpaired) electrons. The fourth-order valence-electron chi connectivity index (χ4n) is 3.05. The molecule has 2 amide bonds. The summed E-state index contributed by atoms with van der Waals surface area (Å²) in [4.78, 5) is 40.4. The maximum absolute atomic E-state index is 13.7. The lowest BCUT2D eigenvalue weighted by molar-refractivity contribution is 0.0140. The van der Waals surface area contributed by atoms with Crippen LogP contribution in [0.25, 0.3) is 10.8 Å². The van der Waals surface area contributed by atoms with Crippen LogP contribution in [0.3, 0.4) is 0 Å². The zero-order valence-corrected chi connectivity index (χ0v) is 16.4. The first-order chi connectivity index (χ1) is 13.1. The lowest BCUT2D eigenvalue weighted by atomic mass is 10.1. The van der Waals surface area contributed by atoms with Crippen LogP contribution < -0.4 is 5.56 Å². The summed E-state index contributed by atoms with van der Waals surface area (Å²) in [6, 6.07) is 3.68. The molecule has 1 aliphatic rings. The Bertz CT molecular complexity index is 988. The van der Waals surface area contributed by atoms with Crippen LogP contribution in [-0.2, 0) is 11.8 Å². The normalized spacial score (nSPS) is 15.0. The highest BCUT2D eigenvalue weighted by Crippen LogP contribution is 2.18. The van der Waals surface area contributed by atoms with E-state index in [1.54, 1.807) is 25.7 Å². The van der Waals surface area contributed by atoms with Gasteiger partial charge in [0, 0.05) is 38.6 Å². The van der Waals surface area contributed by atoms with E-state index in [0.717, 1.165) is 10.7 Å². The highest BCUT2D eigenvalue weighted by molar-refractivity contribution is 6.04. The molecule has 2 aromatic rings. The number of nitrogens with zero attached hydrogens (tertiary/aromatic N) is 4. The average molecular weight is 390 g/mol. The second-order valence-electron chi connectivity index (χ2n) is 7.73. The van der Waals surface area contributed by atoms with Gasteiger partial charge >= 0.3 is 6.09 Å². The number of hydrogen-bond donors (Lipinski definition) is 0. The molecule has 0 unspecified atom stereocenters. The first-order valence-corrected chi connectivity index (χ1v) is 9.00. The van der Waals surface area contributed by atoms with Crippen LogP contribution in [0.5, 0.6) is 0 Å². The van der Waals surface area contributed by atoms with E-state index in [0.29, 0.717) is 26.2 Å². The number of rotatable bonds is 1. The number of ether oxygens (including phenoxy) is 1. The number of fused-ring (bicyclic) bond motifs is 1. The van der Waals surface area contributed by atoms with Gasteiger partial charge in [-0.3, -0.25) is 9.59 Å². The Morgan fingerprint density at radius 1 is 1.07 bits per heavy atom. The number of hydrogen-bond acceptors (Lipinski definition) is 5. The van der Waals surface area contributed by atoms with Gasteiger partial charge in [-0.25, -0.2) is 13.9 Å². The van der Waals surface area contributed by atoms with Crippen LogP contribution >= 0.6 is 0 Å². The molecule has 0 N–H and O–H groups in total. The summed E-state index contributed by atoms with van der Waals surface area (Å²) in [6.07, 6.45) is -0.424. The monoisotopic (exact) mass is 390 g/mol. The molecule has 1 aliphatic heterocycles. The van der Waals surface area contributed by atoms with Crippen molar-refractivity contribution in [2.75, 3.05) is 26.2 Å². The van der Waals surface area contributed by atoms with Crippen molar-refractivity contribution < 1.29 is 18.7 Å². The highest BCUT2D eigenvalue weighted by Gasteiger charge is 2.29. The van der Waals surface area contributed by atoms with Gasteiger partial charge in [-0.1, -0.05) is 0 Å². The molecule has 0 atom stereocenters. The molecule has 0 saturated carbocycles. The molecule has 1 aromatic carbocycles. The van der Waals surface area contributed by atoms with Crippen LogP contribution in [0.4, 0.5) is 9.18 Å². The molecule has 28 heavy (non-hydrogen) atoms. The second kappa shape index (κ2) is 7.21. The van der Waals surface area contributed by atoms with Crippen molar-refractivity contribution in [3.63, 3.8) is 0 Å². The van der Waals surface area contributed by atoms with Crippen molar-refractivity contribution in [3.8, 4) is 0 Å². The van der Waals surface area contributed by atoms with Crippen LogP contribution in [0.1, 0.15) is 31.3 Å². The van der Waals surface area contributed by atoms with Crippen LogP contribution in [0.15, 0.2) is 23.0 Å². The van der Waals surface area contributed by atoms with Crippen molar-refractivity contribution in [2.45, 2.75) is 26.4 Å². The van der Waals surface area contributed by atoms with Gasteiger partial charge in [0.15, 0.2) is 5.69 Å². The first-order valence-electron chi connectivity index (χ1n) is 9.00. The molecular weight excluding hydrogens is 367 g/mol. The average Bonchev–Trinajstić information content (AvgIpc) is 2.62. The number of carbonyl (C=O) groups is 2. The maximum Gasteiger partial charge on any atom is 0.410 e. The Hall–Kier alpha value is -2.97. The lowest BCUT2D eigenvalue weighted by Crippen LogP contribution is -2.52. The van der Waals surface area contributed by atoms with Crippen molar-refractivity contribution >= 4 is 22.8 Å². The standard InChI is InChI=1S/C19H23FN4O4/c1-19(2,3)28-18(27)24-9-7-23(8-10-24)17(26)15-14-11-12(20)5-6-13(14)16(25)22(4)21-15/h5-6,11H,7-10H2,1-4H3. The van der Waals surface area contributed by atoms with E-state index >= 15 is 0 Å². The fourth-order valence-corrected chi connectivity index (χ4v) is 3.05. The zero-order chi connectivity index (χ0) is 20.6. The van der Waals surface area contributed by atoms with Gasteiger partial charge < -0.3 is 14.5 Å². The summed E-state index contributed by atoms with van der Waals surface area (Å²) in [7, 11) is 1.45. The third-order valence-corrected chi connectivity index (χ3v) is 4.43. The van der Waals surface area contributed by atoms with E-state index in [1.807, 2.05) is 0 Å². The van der Waals surface area contributed by atoms with E-state index in [2.05, 4.69) is 5.10 Å².